The van der Waals surface area contributed by atoms with Crippen LogP contribution in [0.3, 0.4) is 0 Å². The van der Waals surface area contributed by atoms with Gasteiger partial charge in [-0.1, -0.05) is 13.8 Å². The van der Waals surface area contributed by atoms with Crippen LogP contribution < -0.4 is 0 Å². The molecule has 0 N–H and O–H groups in total. The highest BCUT2D eigenvalue weighted by Gasteiger charge is 1.85. The van der Waals surface area contributed by atoms with Gasteiger partial charge in [-0.15, -0.1) is 0 Å². The Bertz CT molecular complexity index is 102. The predicted octanol–water partition coefficient (Wildman–Crippen LogP) is 2.85. The number of hydrogen-bond acceptors (Lipinski definition) is 2. The SMILES string of the molecule is COC=C(C)C.COCC(C)C. The summed E-state index contributed by atoms with van der Waals surface area (Å²) in [6.07, 6.45) is 1.71. The average Bonchev–Trinajstić information content (AvgIpc) is 1.87. The Morgan fingerprint density at radius 3 is 1.75 bits per heavy atom. The zero-order valence-electron chi connectivity index (χ0n) is 9.18. The van der Waals surface area contributed by atoms with Gasteiger partial charge in [-0.25, -0.2) is 0 Å². The molecule has 0 aliphatic rings. The van der Waals surface area contributed by atoms with Crippen LogP contribution in [0.5, 0.6) is 0 Å². The smallest absolute Gasteiger partial charge is 0.0810 e. The van der Waals surface area contributed by atoms with Crippen LogP contribution in [-0.2, 0) is 9.47 Å². The third kappa shape index (κ3) is 22.7. The van der Waals surface area contributed by atoms with Crippen LogP contribution in [0.1, 0.15) is 27.7 Å². The van der Waals surface area contributed by atoms with Crippen molar-refractivity contribution in [2.24, 2.45) is 5.92 Å². The van der Waals surface area contributed by atoms with E-state index in [2.05, 4.69) is 18.6 Å². The first-order valence-electron chi connectivity index (χ1n) is 4.19. The molecule has 2 nitrogen and oxygen atoms in total. The molecule has 0 saturated heterocycles. The Morgan fingerprint density at radius 1 is 1.25 bits per heavy atom. The number of hydrogen-bond donors (Lipinski definition) is 0. The number of ether oxygens (including phenoxy) is 2. The van der Waals surface area contributed by atoms with Crippen molar-refractivity contribution in [3.63, 3.8) is 0 Å². The molecule has 2 heteroatoms. The van der Waals surface area contributed by atoms with Gasteiger partial charge < -0.3 is 9.47 Å². The first kappa shape index (κ1) is 14.0. The van der Waals surface area contributed by atoms with Gasteiger partial charge in [-0.2, -0.15) is 0 Å². The van der Waals surface area contributed by atoms with E-state index < -0.39 is 0 Å². The van der Waals surface area contributed by atoms with E-state index >= 15 is 0 Å². The molecular weight excluding hydrogens is 152 g/mol. The van der Waals surface area contributed by atoms with E-state index in [1.807, 2.05) is 13.8 Å². The third-order valence-electron chi connectivity index (χ3n) is 0.854. The van der Waals surface area contributed by atoms with Crippen molar-refractivity contribution >= 4 is 0 Å². The van der Waals surface area contributed by atoms with Crippen molar-refractivity contribution in [2.45, 2.75) is 27.7 Å². The second kappa shape index (κ2) is 10.5. The lowest BCUT2D eigenvalue weighted by molar-refractivity contribution is 0.167. The maximum atomic E-state index is 4.80. The summed E-state index contributed by atoms with van der Waals surface area (Å²) in [5.41, 5.74) is 1.19. The molecule has 0 aliphatic carbocycles. The lowest BCUT2D eigenvalue weighted by Gasteiger charge is -1.97. The second-order valence-electron chi connectivity index (χ2n) is 3.28. The van der Waals surface area contributed by atoms with Gasteiger partial charge in [0.15, 0.2) is 0 Å². The molecule has 0 aromatic rings. The zero-order chi connectivity index (χ0) is 9.98. The van der Waals surface area contributed by atoms with E-state index in [0.717, 1.165) is 6.61 Å². The van der Waals surface area contributed by atoms with Gasteiger partial charge in [-0.3, -0.25) is 0 Å². The van der Waals surface area contributed by atoms with E-state index in [9.17, 15) is 0 Å². The number of methoxy groups -OCH3 is 2. The molecule has 0 heterocycles. The summed E-state index contributed by atoms with van der Waals surface area (Å²) in [5.74, 6) is 0.676. The summed E-state index contributed by atoms with van der Waals surface area (Å²) in [7, 11) is 3.37. The van der Waals surface area contributed by atoms with Gasteiger partial charge in [0.2, 0.25) is 0 Å². The van der Waals surface area contributed by atoms with Crippen molar-refractivity contribution in [1.29, 1.82) is 0 Å². The van der Waals surface area contributed by atoms with Gasteiger partial charge in [0.1, 0.15) is 0 Å². The summed E-state index contributed by atoms with van der Waals surface area (Å²) in [5, 5.41) is 0. The average molecular weight is 174 g/mol. The normalized spacial score (nSPS) is 8.58. The maximum Gasteiger partial charge on any atom is 0.0810 e. The lowest BCUT2D eigenvalue weighted by atomic mass is 10.2. The summed E-state index contributed by atoms with van der Waals surface area (Å²) in [6, 6.07) is 0. The molecule has 0 aromatic carbocycles. The van der Waals surface area contributed by atoms with E-state index in [4.69, 9.17) is 4.74 Å². The minimum absolute atomic E-state index is 0.676. The molecule has 0 atom stereocenters. The Morgan fingerprint density at radius 2 is 1.75 bits per heavy atom. The van der Waals surface area contributed by atoms with Crippen LogP contribution in [0.15, 0.2) is 11.8 Å². The Kier molecular flexibility index (Phi) is 12.3. The number of allylic oxidation sites excluding steroid dienone is 1. The molecule has 74 valence electrons. The zero-order valence-corrected chi connectivity index (χ0v) is 9.18. The molecule has 0 rings (SSSR count). The minimum atomic E-state index is 0.676. The molecule has 0 bridgehead atoms. The van der Waals surface area contributed by atoms with Crippen LogP contribution in [0, 0.1) is 5.92 Å². The van der Waals surface area contributed by atoms with Crippen molar-refractivity contribution in [1.82, 2.24) is 0 Å². The van der Waals surface area contributed by atoms with Gasteiger partial charge in [-0.05, 0) is 25.3 Å². The summed E-state index contributed by atoms with van der Waals surface area (Å²) in [6.45, 7) is 9.11. The molecule has 0 fully saturated rings. The Labute approximate surface area is 76.6 Å². The third-order valence-corrected chi connectivity index (χ3v) is 0.854. The van der Waals surface area contributed by atoms with Gasteiger partial charge >= 0.3 is 0 Å². The summed E-state index contributed by atoms with van der Waals surface area (Å²) < 4.78 is 9.44. The standard InChI is InChI=1S/C5H12O.C5H10O/c2*1-5(2)4-6-3/h5H,4H2,1-3H3;4H,1-3H3. The maximum absolute atomic E-state index is 4.80. The Hall–Kier alpha value is -0.500. The van der Waals surface area contributed by atoms with Crippen molar-refractivity contribution in [3.8, 4) is 0 Å². The molecule has 0 aromatic heterocycles. The number of rotatable bonds is 3. The summed E-state index contributed by atoms with van der Waals surface area (Å²) in [4.78, 5) is 0. The summed E-state index contributed by atoms with van der Waals surface area (Å²) >= 11 is 0. The molecular formula is C10H22O2. The molecule has 0 spiro atoms. The van der Waals surface area contributed by atoms with Gasteiger partial charge in [0.25, 0.3) is 0 Å². The first-order valence-corrected chi connectivity index (χ1v) is 4.19. The van der Waals surface area contributed by atoms with Crippen LogP contribution >= 0.6 is 0 Å². The predicted molar refractivity (Wildman–Crippen MR) is 53.2 cm³/mol. The van der Waals surface area contributed by atoms with Crippen molar-refractivity contribution in [2.75, 3.05) is 20.8 Å². The van der Waals surface area contributed by atoms with E-state index in [0.29, 0.717) is 5.92 Å². The highest BCUT2D eigenvalue weighted by atomic mass is 16.5. The molecule has 0 amide bonds. The van der Waals surface area contributed by atoms with Crippen LogP contribution in [0.25, 0.3) is 0 Å². The van der Waals surface area contributed by atoms with Crippen LogP contribution in [0.2, 0.25) is 0 Å². The highest BCUT2D eigenvalue weighted by Crippen LogP contribution is 1.88. The lowest BCUT2D eigenvalue weighted by Crippen LogP contribution is -1.96. The minimum Gasteiger partial charge on any atom is -0.504 e. The Balaban J connectivity index is 0. The van der Waals surface area contributed by atoms with Crippen LogP contribution in [-0.4, -0.2) is 20.8 Å². The molecule has 12 heavy (non-hydrogen) atoms. The molecule has 0 aliphatic heterocycles. The fourth-order valence-electron chi connectivity index (χ4n) is 0.569. The molecule has 0 radical (unpaired) electrons. The largest absolute Gasteiger partial charge is 0.504 e. The monoisotopic (exact) mass is 174 g/mol. The van der Waals surface area contributed by atoms with E-state index in [1.54, 1.807) is 20.5 Å². The fourth-order valence-corrected chi connectivity index (χ4v) is 0.569. The molecule has 0 unspecified atom stereocenters. The first-order chi connectivity index (χ1) is 5.54. The van der Waals surface area contributed by atoms with E-state index in [1.165, 1.54) is 5.57 Å². The van der Waals surface area contributed by atoms with Crippen molar-refractivity contribution in [3.05, 3.63) is 11.8 Å². The topological polar surface area (TPSA) is 18.5 Å². The van der Waals surface area contributed by atoms with Crippen LogP contribution in [0.4, 0.5) is 0 Å². The quantitative estimate of drug-likeness (QED) is 0.612. The fraction of sp³-hybridized carbons (Fsp3) is 0.800. The van der Waals surface area contributed by atoms with Gasteiger partial charge in [0, 0.05) is 13.7 Å². The highest BCUT2D eigenvalue weighted by molar-refractivity contribution is 4.85. The molecule has 0 saturated carbocycles. The second-order valence-corrected chi connectivity index (χ2v) is 3.28. The van der Waals surface area contributed by atoms with Gasteiger partial charge in [0.05, 0.1) is 13.4 Å². The van der Waals surface area contributed by atoms with Crippen molar-refractivity contribution < 1.29 is 9.47 Å². The van der Waals surface area contributed by atoms with E-state index in [-0.39, 0.29) is 0 Å².